The molecule has 0 unspecified atom stereocenters. The number of rotatable bonds is 9. The van der Waals surface area contributed by atoms with Crippen LogP contribution >= 0.6 is 0 Å². The Morgan fingerprint density at radius 1 is 1.28 bits per heavy atom. The number of hydrogen-bond donors (Lipinski definition) is 1. The number of nitrogens with zero attached hydrogens (tertiary/aromatic N) is 3. The van der Waals surface area contributed by atoms with Crippen LogP contribution in [0.2, 0.25) is 0 Å². The Hall–Kier alpha value is -1.69. The summed E-state index contributed by atoms with van der Waals surface area (Å²) in [6.07, 6.45) is 1.72. The van der Waals surface area contributed by atoms with Crippen molar-refractivity contribution in [3.63, 3.8) is 0 Å². The Labute approximate surface area is 152 Å². The monoisotopic (exact) mass is 344 g/mol. The van der Waals surface area contributed by atoms with E-state index in [-0.39, 0.29) is 11.9 Å². The minimum absolute atomic E-state index is 0.0668. The van der Waals surface area contributed by atoms with E-state index in [1.54, 1.807) is 6.08 Å². The summed E-state index contributed by atoms with van der Waals surface area (Å²) in [5.74, 6) is 0.0935. The van der Waals surface area contributed by atoms with Crippen LogP contribution in [0.25, 0.3) is 0 Å². The van der Waals surface area contributed by atoms with E-state index >= 15 is 0 Å². The smallest absolute Gasteiger partial charge is 0.237 e. The highest BCUT2D eigenvalue weighted by Gasteiger charge is 2.25. The first-order valence-corrected chi connectivity index (χ1v) is 9.17. The molecule has 2 rings (SSSR count). The van der Waals surface area contributed by atoms with Crippen molar-refractivity contribution < 1.29 is 4.79 Å². The van der Waals surface area contributed by atoms with Gasteiger partial charge in [0.15, 0.2) is 0 Å². The zero-order valence-electron chi connectivity index (χ0n) is 15.7. The topological polar surface area (TPSA) is 38.8 Å². The lowest BCUT2D eigenvalue weighted by Gasteiger charge is -2.37. The second kappa shape index (κ2) is 10.3. The van der Waals surface area contributed by atoms with Gasteiger partial charge >= 0.3 is 0 Å². The van der Waals surface area contributed by atoms with Gasteiger partial charge in [0.05, 0.1) is 6.04 Å². The molecule has 5 nitrogen and oxygen atoms in total. The summed E-state index contributed by atoms with van der Waals surface area (Å²) in [5, 5.41) is 2.88. The lowest BCUT2D eigenvalue weighted by atomic mass is 10.2. The molecule has 1 N–H and O–H groups in total. The van der Waals surface area contributed by atoms with Crippen LogP contribution in [0, 0.1) is 0 Å². The molecule has 1 aliphatic heterocycles. The molecule has 1 aromatic carbocycles. The molecule has 0 bridgehead atoms. The van der Waals surface area contributed by atoms with Crippen LogP contribution in [0.5, 0.6) is 0 Å². The fourth-order valence-corrected chi connectivity index (χ4v) is 3.15. The molecule has 25 heavy (non-hydrogen) atoms. The van der Waals surface area contributed by atoms with Gasteiger partial charge in [0.2, 0.25) is 5.91 Å². The summed E-state index contributed by atoms with van der Waals surface area (Å²) in [6, 6.07) is 10.5. The van der Waals surface area contributed by atoms with Crippen molar-refractivity contribution in [2.24, 2.45) is 0 Å². The van der Waals surface area contributed by atoms with Gasteiger partial charge in [-0.2, -0.15) is 0 Å². The van der Waals surface area contributed by atoms with E-state index in [0.717, 1.165) is 45.8 Å². The molecule has 0 radical (unpaired) electrons. The molecule has 0 aromatic heterocycles. The number of likely N-dealkylation sites (N-methyl/N-ethyl adjacent to an activating group) is 1. The Balaban J connectivity index is 1.66. The van der Waals surface area contributed by atoms with Crippen LogP contribution < -0.4 is 5.32 Å². The SMILES string of the molecule is C=CCNC(=O)[C@@H](C)N1CCN(CCN(C)Cc2ccccc2)CC1. The van der Waals surface area contributed by atoms with Crippen molar-refractivity contribution in [2.45, 2.75) is 19.5 Å². The molecule has 1 aliphatic rings. The molecule has 138 valence electrons. The number of carbonyl (C=O) groups is 1. The third-order valence-electron chi connectivity index (χ3n) is 4.85. The maximum atomic E-state index is 12.1. The molecule has 0 spiro atoms. The van der Waals surface area contributed by atoms with Gasteiger partial charge in [0, 0.05) is 52.4 Å². The summed E-state index contributed by atoms with van der Waals surface area (Å²) >= 11 is 0. The third-order valence-corrected chi connectivity index (χ3v) is 4.85. The number of piperazine rings is 1. The number of nitrogens with one attached hydrogen (secondary N) is 1. The van der Waals surface area contributed by atoms with Crippen molar-refractivity contribution in [1.29, 1.82) is 0 Å². The fourth-order valence-electron chi connectivity index (χ4n) is 3.15. The highest BCUT2D eigenvalue weighted by molar-refractivity contribution is 5.81. The second-order valence-electron chi connectivity index (χ2n) is 6.81. The molecule has 1 atom stereocenters. The lowest BCUT2D eigenvalue weighted by Crippen LogP contribution is -2.54. The third kappa shape index (κ3) is 6.61. The summed E-state index contributed by atoms with van der Waals surface area (Å²) in [4.78, 5) is 19.2. The van der Waals surface area contributed by atoms with E-state index in [1.165, 1.54) is 5.56 Å². The van der Waals surface area contributed by atoms with Gasteiger partial charge in [0.25, 0.3) is 0 Å². The molecule has 0 saturated carbocycles. The minimum Gasteiger partial charge on any atom is -0.351 e. The first-order valence-electron chi connectivity index (χ1n) is 9.17. The molecule has 5 heteroatoms. The van der Waals surface area contributed by atoms with Crippen LogP contribution in [-0.4, -0.2) is 79.5 Å². The van der Waals surface area contributed by atoms with Crippen LogP contribution in [-0.2, 0) is 11.3 Å². The minimum atomic E-state index is -0.0668. The van der Waals surface area contributed by atoms with E-state index in [0.29, 0.717) is 6.54 Å². The van der Waals surface area contributed by atoms with Gasteiger partial charge in [-0.3, -0.25) is 14.6 Å². The molecule has 1 aromatic rings. The highest BCUT2D eigenvalue weighted by atomic mass is 16.2. The zero-order valence-corrected chi connectivity index (χ0v) is 15.7. The molecule has 1 amide bonds. The summed E-state index contributed by atoms with van der Waals surface area (Å²) < 4.78 is 0. The predicted molar refractivity (Wildman–Crippen MR) is 103 cm³/mol. The van der Waals surface area contributed by atoms with Gasteiger partial charge in [-0.05, 0) is 19.5 Å². The van der Waals surface area contributed by atoms with E-state index in [9.17, 15) is 4.79 Å². The highest BCUT2D eigenvalue weighted by Crippen LogP contribution is 2.07. The fraction of sp³-hybridized carbons (Fsp3) is 0.550. The maximum absolute atomic E-state index is 12.1. The van der Waals surface area contributed by atoms with Gasteiger partial charge < -0.3 is 10.2 Å². The van der Waals surface area contributed by atoms with Crippen LogP contribution in [0.4, 0.5) is 0 Å². The van der Waals surface area contributed by atoms with Crippen molar-refractivity contribution in [3.05, 3.63) is 48.6 Å². The van der Waals surface area contributed by atoms with Crippen LogP contribution in [0.1, 0.15) is 12.5 Å². The Morgan fingerprint density at radius 2 is 1.96 bits per heavy atom. The van der Waals surface area contributed by atoms with E-state index in [4.69, 9.17) is 0 Å². The predicted octanol–water partition coefficient (Wildman–Crippen LogP) is 1.43. The van der Waals surface area contributed by atoms with Crippen molar-refractivity contribution in [2.75, 3.05) is 52.9 Å². The average Bonchev–Trinajstić information content (AvgIpc) is 2.65. The molecular weight excluding hydrogens is 312 g/mol. The van der Waals surface area contributed by atoms with E-state index in [2.05, 4.69) is 64.0 Å². The van der Waals surface area contributed by atoms with Gasteiger partial charge in [-0.1, -0.05) is 36.4 Å². The van der Waals surface area contributed by atoms with Crippen LogP contribution in [0.15, 0.2) is 43.0 Å². The van der Waals surface area contributed by atoms with Gasteiger partial charge in [0.1, 0.15) is 0 Å². The largest absolute Gasteiger partial charge is 0.351 e. The summed E-state index contributed by atoms with van der Waals surface area (Å²) in [5.41, 5.74) is 1.36. The first-order chi connectivity index (χ1) is 12.1. The number of amides is 1. The normalized spacial score (nSPS) is 17.4. The van der Waals surface area contributed by atoms with Crippen molar-refractivity contribution in [1.82, 2.24) is 20.0 Å². The average molecular weight is 345 g/mol. The number of benzene rings is 1. The maximum Gasteiger partial charge on any atom is 0.237 e. The molecule has 1 fully saturated rings. The molecule has 0 aliphatic carbocycles. The second-order valence-corrected chi connectivity index (χ2v) is 6.81. The number of carbonyl (C=O) groups excluding carboxylic acids is 1. The lowest BCUT2D eigenvalue weighted by molar-refractivity contribution is -0.126. The zero-order chi connectivity index (χ0) is 18.1. The van der Waals surface area contributed by atoms with Crippen LogP contribution in [0.3, 0.4) is 0 Å². The van der Waals surface area contributed by atoms with Crippen molar-refractivity contribution >= 4 is 5.91 Å². The van der Waals surface area contributed by atoms with Gasteiger partial charge in [-0.25, -0.2) is 0 Å². The standard InChI is InChI=1S/C20H32N4O/c1-4-10-21-20(25)18(2)24-15-13-23(14-16-24)12-11-22(3)17-19-8-6-5-7-9-19/h4-9,18H,1,10-17H2,2-3H3,(H,21,25)/t18-/m1/s1. The summed E-state index contributed by atoms with van der Waals surface area (Å²) in [6.45, 7) is 13.2. The molecular formula is C20H32N4O. The van der Waals surface area contributed by atoms with E-state index < -0.39 is 0 Å². The Morgan fingerprint density at radius 3 is 2.60 bits per heavy atom. The molecule has 1 heterocycles. The Bertz CT molecular complexity index is 526. The van der Waals surface area contributed by atoms with Crippen molar-refractivity contribution in [3.8, 4) is 0 Å². The Kier molecular flexibility index (Phi) is 8.12. The van der Waals surface area contributed by atoms with E-state index in [1.807, 2.05) is 6.92 Å². The number of hydrogen-bond acceptors (Lipinski definition) is 4. The first kappa shape index (κ1) is 19.6. The molecule has 1 saturated heterocycles. The quantitative estimate of drug-likeness (QED) is 0.688. The van der Waals surface area contributed by atoms with Gasteiger partial charge in [-0.15, -0.1) is 6.58 Å². The summed E-state index contributed by atoms with van der Waals surface area (Å²) in [7, 11) is 2.18.